The van der Waals surface area contributed by atoms with Crippen molar-refractivity contribution < 1.29 is 4.79 Å². The zero-order valence-electron chi connectivity index (χ0n) is 13.7. The molecule has 1 saturated carbocycles. The molecule has 2 aliphatic rings. The third-order valence-electron chi connectivity index (χ3n) is 5.02. The van der Waals surface area contributed by atoms with Gasteiger partial charge in [0.05, 0.1) is 11.6 Å². The summed E-state index contributed by atoms with van der Waals surface area (Å²) >= 11 is 0. The van der Waals surface area contributed by atoms with Crippen molar-refractivity contribution in [2.24, 2.45) is 24.3 Å². The molecular formula is C17H25N3O. The molecular weight excluding hydrogens is 262 g/mol. The molecule has 4 nitrogen and oxygen atoms in total. The van der Waals surface area contributed by atoms with Crippen LogP contribution in [0.5, 0.6) is 0 Å². The van der Waals surface area contributed by atoms with E-state index in [-0.39, 0.29) is 17.2 Å². The number of carbonyl (C=O) groups excluding carboxylic acids is 1. The molecule has 2 atom stereocenters. The number of hydrogen-bond acceptors (Lipinski definition) is 2. The van der Waals surface area contributed by atoms with Crippen molar-refractivity contribution in [3.8, 4) is 0 Å². The van der Waals surface area contributed by atoms with E-state index in [1.165, 1.54) is 11.1 Å². The zero-order chi connectivity index (χ0) is 15.4. The Bertz CT molecular complexity index is 620. The Morgan fingerprint density at radius 2 is 2.10 bits per heavy atom. The molecule has 1 amide bonds. The van der Waals surface area contributed by atoms with Crippen molar-refractivity contribution in [3.05, 3.63) is 22.9 Å². The molecule has 0 spiro atoms. The number of nitrogens with one attached hydrogen (secondary N) is 1. The lowest BCUT2D eigenvalue weighted by Crippen LogP contribution is -2.19. The smallest absolute Gasteiger partial charge is 0.229 e. The largest absolute Gasteiger partial charge is 0.310 e. The predicted molar refractivity (Wildman–Crippen MR) is 84.1 cm³/mol. The lowest BCUT2D eigenvalue weighted by Gasteiger charge is -2.08. The first kappa shape index (κ1) is 14.4. The van der Waals surface area contributed by atoms with E-state index in [1.807, 2.05) is 11.7 Å². The van der Waals surface area contributed by atoms with Crippen LogP contribution in [-0.4, -0.2) is 15.7 Å². The maximum atomic E-state index is 12.7. The average Bonchev–Trinajstić information content (AvgIpc) is 2.71. The molecule has 0 bridgehead atoms. The monoisotopic (exact) mass is 287 g/mol. The van der Waals surface area contributed by atoms with E-state index in [1.54, 1.807) is 0 Å². The highest BCUT2D eigenvalue weighted by atomic mass is 16.2. The maximum absolute atomic E-state index is 12.7. The Kier molecular flexibility index (Phi) is 3.23. The number of aryl methyl sites for hydroxylation is 2. The summed E-state index contributed by atoms with van der Waals surface area (Å²) in [6, 6.07) is 0. The van der Waals surface area contributed by atoms with Gasteiger partial charge in [0, 0.05) is 12.6 Å². The van der Waals surface area contributed by atoms with E-state index < -0.39 is 0 Å². The summed E-state index contributed by atoms with van der Waals surface area (Å²) < 4.78 is 1.83. The van der Waals surface area contributed by atoms with Crippen LogP contribution in [0.1, 0.15) is 45.4 Å². The van der Waals surface area contributed by atoms with Crippen molar-refractivity contribution >= 4 is 11.7 Å². The first-order valence-corrected chi connectivity index (χ1v) is 7.83. The molecule has 114 valence electrons. The number of carbonyl (C=O) groups is 1. The normalized spacial score (nSPS) is 25.4. The summed E-state index contributed by atoms with van der Waals surface area (Å²) in [5.74, 6) is 1.47. The summed E-state index contributed by atoms with van der Waals surface area (Å²) in [7, 11) is 1.92. The minimum absolute atomic E-state index is 0.0586. The van der Waals surface area contributed by atoms with Crippen molar-refractivity contribution in [1.82, 2.24) is 9.78 Å². The van der Waals surface area contributed by atoms with Gasteiger partial charge < -0.3 is 5.32 Å². The van der Waals surface area contributed by atoms with Gasteiger partial charge in [-0.25, -0.2) is 0 Å². The van der Waals surface area contributed by atoms with Gasteiger partial charge in [-0.1, -0.05) is 25.5 Å². The summed E-state index contributed by atoms with van der Waals surface area (Å²) in [5.41, 5.74) is 3.74. The number of aromatic nitrogens is 2. The fourth-order valence-corrected chi connectivity index (χ4v) is 3.72. The Morgan fingerprint density at radius 3 is 2.76 bits per heavy atom. The molecule has 0 aromatic carbocycles. The van der Waals surface area contributed by atoms with E-state index in [9.17, 15) is 4.79 Å². The molecule has 1 aromatic heterocycles. The molecule has 1 fully saturated rings. The number of nitrogens with zero attached hydrogens (tertiary/aromatic N) is 2. The van der Waals surface area contributed by atoms with E-state index >= 15 is 0 Å². The Morgan fingerprint density at radius 1 is 1.38 bits per heavy atom. The average molecular weight is 287 g/mol. The highest BCUT2D eigenvalue weighted by Gasteiger charge is 2.60. The Labute approximate surface area is 126 Å². The predicted octanol–water partition coefficient (Wildman–Crippen LogP) is 3.09. The van der Waals surface area contributed by atoms with Gasteiger partial charge in [-0.15, -0.1) is 0 Å². The summed E-state index contributed by atoms with van der Waals surface area (Å²) in [6.07, 6.45) is 5.45. The summed E-state index contributed by atoms with van der Waals surface area (Å²) in [6.45, 7) is 8.54. The minimum Gasteiger partial charge on any atom is -0.310 e. The van der Waals surface area contributed by atoms with Gasteiger partial charge in [-0.3, -0.25) is 9.48 Å². The molecule has 0 radical (unpaired) electrons. The van der Waals surface area contributed by atoms with E-state index in [4.69, 9.17) is 0 Å². The second-order valence-electron chi connectivity index (χ2n) is 7.31. The molecule has 0 saturated heterocycles. The number of fused-ring (bicyclic) bond motifs is 1. The molecule has 0 aliphatic heterocycles. The van der Waals surface area contributed by atoms with Crippen molar-refractivity contribution in [2.75, 3.05) is 5.32 Å². The van der Waals surface area contributed by atoms with E-state index in [0.717, 1.165) is 30.8 Å². The SMILES string of the molecule is CC(C)=C[C@@H]1[C@@H](C(=O)Nc2c3c(nn2C)CCC3)C1(C)C. The van der Waals surface area contributed by atoms with Crippen LogP contribution < -0.4 is 5.32 Å². The zero-order valence-corrected chi connectivity index (χ0v) is 13.7. The van der Waals surface area contributed by atoms with E-state index in [0.29, 0.717) is 5.92 Å². The number of allylic oxidation sites excluding steroid dienone is 2. The number of anilines is 1. The highest BCUT2D eigenvalue weighted by Crippen LogP contribution is 2.59. The first-order valence-electron chi connectivity index (χ1n) is 7.83. The van der Waals surface area contributed by atoms with Crippen LogP contribution in [0, 0.1) is 17.3 Å². The third kappa shape index (κ3) is 2.30. The Balaban J connectivity index is 1.78. The molecule has 1 heterocycles. The van der Waals surface area contributed by atoms with Gasteiger partial charge in [0.1, 0.15) is 5.82 Å². The Hall–Kier alpha value is -1.58. The molecule has 1 aromatic rings. The number of hydrogen-bond donors (Lipinski definition) is 1. The van der Waals surface area contributed by atoms with E-state index in [2.05, 4.69) is 44.2 Å². The molecule has 2 aliphatic carbocycles. The van der Waals surface area contributed by atoms with Gasteiger partial charge in [-0.05, 0) is 44.4 Å². The van der Waals surface area contributed by atoms with Gasteiger partial charge in [0.2, 0.25) is 5.91 Å². The number of rotatable bonds is 3. The molecule has 3 rings (SSSR count). The van der Waals surface area contributed by atoms with Crippen molar-refractivity contribution in [3.63, 3.8) is 0 Å². The number of amides is 1. The van der Waals surface area contributed by atoms with Crippen LogP contribution in [0.2, 0.25) is 0 Å². The van der Waals surface area contributed by atoms with Gasteiger partial charge in [0.25, 0.3) is 0 Å². The fourth-order valence-electron chi connectivity index (χ4n) is 3.72. The molecule has 4 heteroatoms. The highest BCUT2D eigenvalue weighted by molar-refractivity contribution is 5.95. The standard InChI is InChI=1S/C17H25N3O/c1-10(2)9-12-14(17(12,3)4)16(21)18-15-11-7-6-8-13(11)19-20(15)5/h9,12,14H,6-8H2,1-5H3,(H,18,21)/t12-,14+/m1/s1. The topological polar surface area (TPSA) is 46.9 Å². The van der Waals surface area contributed by atoms with Crippen molar-refractivity contribution in [1.29, 1.82) is 0 Å². The van der Waals surface area contributed by atoms with Crippen LogP contribution in [0.25, 0.3) is 0 Å². The lowest BCUT2D eigenvalue weighted by atomic mass is 10.1. The third-order valence-corrected chi connectivity index (χ3v) is 5.02. The molecule has 0 unspecified atom stereocenters. The lowest BCUT2D eigenvalue weighted by molar-refractivity contribution is -0.118. The van der Waals surface area contributed by atoms with Gasteiger partial charge in [-0.2, -0.15) is 5.10 Å². The summed E-state index contributed by atoms with van der Waals surface area (Å²) in [4.78, 5) is 12.7. The summed E-state index contributed by atoms with van der Waals surface area (Å²) in [5, 5.41) is 7.66. The minimum atomic E-state index is 0.0586. The molecule has 1 N–H and O–H groups in total. The van der Waals surface area contributed by atoms with Crippen molar-refractivity contribution in [2.45, 2.75) is 47.0 Å². The molecule has 21 heavy (non-hydrogen) atoms. The van der Waals surface area contributed by atoms with Crippen LogP contribution in [0.4, 0.5) is 5.82 Å². The van der Waals surface area contributed by atoms with Crippen LogP contribution in [-0.2, 0) is 24.7 Å². The van der Waals surface area contributed by atoms with Crippen LogP contribution >= 0.6 is 0 Å². The fraction of sp³-hybridized carbons (Fsp3) is 0.647. The second kappa shape index (κ2) is 4.72. The van der Waals surface area contributed by atoms with Gasteiger partial charge in [0.15, 0.2) is 0 Å². The van der Waals surface area contributed by atoms with Gasteiger partial charge >= 0.3 is 0 Å². The van der Waals surface area contributed by atoms with Crippen LogP contribution in [0.15, 0.2) is 11.6 Å². The maximum Gasteiger partial charge on any atom is 0.229 e. The first-order chi connectivity index (χ1) is 9.82. The second-order valence-corrected chi connectivity index (χ2v) is 7.31. The quantitative estimate of drug-likeness (QED) is 0.868. The van der Waals surface area contributed by atoms with Crippen LogP contribution in [0.3, 0.4) is 0 Å².